The molecule has 10 aromatic rings. The van der Waals surface area contributed by atoms with Crippen LogP contribution in [0.1, 0.15) is 0 Å². The van der Waals surface area contributed by atoms with Crippen molar-refractivity contribution in [3.63, 3.8) is 0 Å². The highest BCUT2D eigenvalue weighted by molar-refractivity contribution is 6.22. The maximum Gasteiger partial charge on any atom is 0.164 e. The van der Waals surface area contributed by atoms with E-state index in [-0.39, 0.29) is 0 Å². The van der Waals surface area contributed by atoms with Gasteiger partial charge < -0.3 is 8.83 Å². The van der Waals surface area contributed by atoms with Crippen molar-refractivity contribution in [2.24, 2.45) is 0 Å². The van der Waals surface area contributed by atoms with Crippen LogP contribution in [0.25, 0.3) is 99.9 Å². The lowest BCUT2D eigenvalue weighted by molar-refractivity contribution is 0.669. The fraction of sp³-hybridized carbons (Fsp3) is 0. The molecule has 0 N–H and O–H groups in total. The van der Waals surface area contributed by atoms with Crippen LogP contribution in [0.2, 0.25) is 0 Å². The summed E-state index contributed by atoms with van der Waals surface area (Å²) in [4.78, 5) is 15.2. The lowest BCUT2D eigenvalue weighted by Gasteiger charge is -2.10. The molecule has 0 saturated carbocycles. The summed E-state index contributed by atoms with van der Waals surface area (Å²) in [5.74, 6) is 1.74. The van der Waals surface area contributed by atoms with Gasteiger partial charge in [0, 0.05) is 43.6 Å². The molecule has 5 nitrogen and oxygen atoms in total. The van der Waals surface area contributed by atoms with Crippen molar-refractivity contribution in [3.8, 4) is 45.3 Å². The molecule has 0 atom stereocenters. The highest BCUT2D eigenvalue weighted by atomic mass is 16.3. The van der Waals surface area contributed by atoms with Gasteiger partial charge in [-0.1, -0.05) is 121 Å². The van der Waals surface area contributed by atoms with Crippen molar-refractivity contribution in [3.05, 3.63) is 152 Å². The van der Waals surface area contributed by atoms with Gasteiger partial charge in [-0.05, 0) is 46.8 Å². The average molecular weight is 616 g/mol. The van der Waals surface area contributed by atoms with Crippen LogP contribution < -0.4 is 0 Å². The Morgan fingerprint density at radius 2 is 0.958 bits per heavy atom. The normalized spacial score (nSPS) is 11.8. The van der Waals surface area contributed by atoms with E-state index in [1.165, 1.54) is 0 Å². The molecule has 10 rings (SSSR count). The molecule has 3 aromatic heterocycles. The number of para-hydroxylation sites is 1. The third-order valence-corrected chi connectivity index (χ3v) is 9.13. The van der Waals surface area contributed by atoms with Gasteiger partial charge in [-0.2, -0.15) is 0 Å². The molecule has 0 fully saturated rings. The van der Waals surface area contributed by atoms with Gasteiger partial charge in [-0.15, -0.1) is 0 Å². The SMILES string of the molecule is c1ccc(-c2nc(-c3ccc4c(c3)oc3ccccc34)nc(-c3cccc4oc5c6ccccc6c(-c6ccccc6)cc5c34)n2)cc1. The van der Waals surface area contributed by atoms with Crippen molar-refractivity contribution in [2.75, 3.05) is 0 Å². The van der Waals surface area contributed by atoms with Crippen molar-refractivity contribution in [1.29, 1.82) is 0 Å². The monoisotopic (exact) mass is 615 g/mol. The van der Waals surface area contributed by atoms with E-state index >= 15 is 0 Å². The molecule has 224 valence electrons. The quantitative estimate of drug-likeness (QED) is 0.197. The molecule has 0 aliphatic rings. The molecule has 0 unspecified atom stereocenters. The van der Waals surface area contributed by atoms with Gasteiger partial charge in [-0.25, -0.2) is 15.0 Å². The predicted octanol–water partition coefficient (Wildman–Crippen LogP) is 11.5. The summed E-state index contributed by atoms with van der Waals surface area (Å²) in [5.41, 5.74) is 8.22. The Morgan fingerprint density at radius 3 is 1.77 bits per heavy atom. The third kappa shape index (κ3) is 4.15. The van der Waals surface area contributed by atoms with Gasteiger partial charge in [0.2, 0.25) is 0 Å². The summed E-state index contributed by atoms with van der Waals surface area (Å²) in [7, 11) is 0. The summed E-state index contributed by atoms with van der Waals surface area (Å²) in [6, 6.07) is 51.6. The topological polar surface area (TPSA) is 65.0 Å². The molecule has 0 spiro atoms. The molecule has 0 saturated heterocycles. The minimum atomic E-state index is 0.571. The molecule has 48 heavy (non-hydrogen) atoms. The van der Waals surface area contributed by atoms with Crippen LogP contribution in [-0.4, -0.2) is 15.0 Å². The molecule has 0 bridgehead atoms. The largest absolute Gasteiger partial charge is 0.456 e. The van der Waals surface area contributed by atoms with Crippen LogP contribution in [0.5, 0.6) is 0 Å². The minimum absolute atomic E-state index is 0.571. The van der Waals surface area contributed by atoms with Gasteiger partial charge in [0.15, 0.2) is 17.5 Å². The van der Waals surface area contributed by atoms with Crippen molar-refractivity contribution in [1.82, 2.24) is 15.0 Å². The van der Waals surface area contributed by atoms with Gasteiger partial charge in [0.25, 0.3) is 0 Å². The Balaban J connectivity index is 1.24. The van der Waals surface area contributed by atoms with Crippen LogP contribution in [-0.2, 0) is 0 Å². The lowest BCUT2D eigenvalue weighted by Crippen LogP contribution is -2.00. The Labute approximate surface area is 274 Å². The zero-order chi connectivity index (χ0) is 31.6. The number of nitrogens with zero attached hydrogens (tertiary/aromatic N) is 3. The highest BCUT2D eigenvalue weighted by Crippen LogP contribution is 2.43. The van der Waals surface area contributed by atoms with Crippen LogP contribution in [0.4, 0.5) is 0 Å². The number of hydrogen-bond donors (Lipinski definition) is 0. The third-order valence-electron chi connectivity index (χ3n) is 9.13. The summed E-state index contributed by atoms with van der Waals surface area (Å²) < 4.78 is 12.9. The fourth-order valence-corrected chi connectivity index (χ4v) is 6.90. The van der Waals surface area contributed by atoms with Gasteiger partial charge in [0.05, 0.1) is 0 Å². The van der Waals surface area contributed by atoms with Gasteiger partial charge in [0.1, 0.15) is 22.3 Å². The number of furan rings is 2. The number of aromatic nitrogens is 3. The van der Waals surface area contributed by atoms with E-state index in [2.05, 4.69) is 78.9 Å². The second-order valence-corrected chi connectivity index (χ2v) is 12.0. The van der Waals surface area contributed by atoms with Crippen LogP contribution in [0.3, 0.4) is 0 Å². The Morgan fingerprint density at radius 1 is 0.333 bits per heavy atom. The second-order valence-electron chi connectivity index (χ2n) is 12.0. The van der Waals surface area contributed by atoms with E-state index < -0.39 is 0 Å². The molecule has 5 heteroatoms. The zero-order valence-corrected chi connectivity index (χ0v) is 25.6. The van der Waals surface area contributed by atoms with Crippen LogP contribution in [0, 0.1) is 0 Å². The van der Waals surface area contributed by atoms with Crippen molar-refractivity contribution < 1.29 is 8.83 Å². The lowest BCUT2D eigenvalue weighted by atomic mass is 9.94. The van der Waals surface area contributed by atoms with Crippen molar-refractivity contribution in [2.45, 2.75) is 0 Å². The fourth-order valence-electron chi connectivity index (χ4n) is 6.90. The molecule has 3 heterocycles. The van der Waals surface area contributed by atoms with E-state index in [9.17, 15) is 0 Å². The van der Waals surface area contributed by atoms with E-state index in [1.54, 1.807) is 0 Å². The molecule has 0 radical (unpaired) electrons. The Bertz CT molecular complexity index is 2840. The van der Waals surface area contributed by atoms with E-state index in [0.29, 0.717) is 17.5 Å². The number of benzene rings is 7. The standard InChI is InChI=1S/C43H25N3O2/c1-3-12-26(13-4-1)34-25-35-39-33(19-11-21-37(39)48-40(35)32-18-8-7-16-29(32)34)43-45-41(27-14-5-2-6-15-27)44-42(46-43)28-22-23-31-30-17-9-10-20-36(30)47-38(31)24-28/h1-25H. The maximum absolute atomic E-state index is 6.64. The summed E-state index contributed by atoms with van der Waals surface area (Å²) in [6.07, 6.45) is 0. The summed E-state index contributed by atoms with van der Waals surface area (Å²) in [5, 5.41) is 6.34. The first kappa shape index (κ1) is 26.6. The first-order valence-corrected chi connectivity index (χ1v) is 15.9. The van der Waals surface area contributed by atoms with Gasteiger partial charge in [-0.3, -0.25) is 0 Å². The van der Waals surface area contributed by atoms with Crippen LogP contribution >= 0.6 is 0 Å². The van der Waals surface area contributed by atoms with E-state index in [0.717, 1.165) is 82.5 Å². The van der Waals surface area contributed by atoms with Crippen LogP contribution in [0.15, 0.2) is 160 Å². The van der Waals surface area contributed by atoms with Gasteiger partial charge >= 0.3 is 0 Å². The first-order chi connectivity index (χ1) is 23.8. The smallest absolute Gasteiger partial charge is 0.164 e. The number of fused-ring (bicyclic) bond motifs is 8. The predicted molar refractivity (Wildman–Crippen MR) is 194 cm³/mol. The second kappa shape index (κ2) is 10.5. The molecular weight excluding hydrogens is 590 g/mol. The minimum Gasteiger partial charge on any atom is -0.456 e. The molecule has 0 aliphatic heterocycles. The number of rotatable bonds is 4. The molecule has 7 aromatic carbocycles. The average Bonchev–Trinajstić information content (AvgIpc) is 3.73. The number of hydrogen-bond acceptors (Lipinski definition) is 5. The summed E-state index contributed by atoms with van der Waals surface area (Å²) in [6.45, 7) is 0. The molecular formula is C43H25N3O2. The van der Waals surface area contributed by atoms with E-state index in [4.69, 9.17) is 23.8 Å². The first-order valence-electron chi connectivity index (χ1n) is 15.9. The summed E-state index contributed by atoms with van der Waals surface area (Å²) >= 11 is 0. The molecule has 0 aliphatic carbocycles. The Hall–Kier alpha value is -6.59. The molecule has 0 amide bonds. The Kier molecular flexibility index (Phi) is 5.81. The highest BCUT2D eigenvalue weighted by Gasteiger charge is 2.21. The maximum atomic E-state index is 6.64. The van der Waals surface area contributed by atoms with Crippen molar-refractivity contribution >= 4 is 54.6 Å². The zero-order valence-electron chi connectivity index (χ0n) is 25.6. The van der Waals surface area contributed by atoms with E-state index in [1.807, 2.05) is 72.8 Å².